The first-order valence-corrected chi connectivity index (χ1v) is 12.4. The molecule has 0 atom stereocenters. The first-order chi connectivity index (χ1) is 15.8. The first-order valence-electron chi connectivity index (χ1n) is 10.9. The second kappa shape index (κ2) is 9.58. The van der Waals surface area contributed by atoms with Gasteiger partial charge in [-0.25, -0.2) is 4.68 Å². The van der Waals surface area contributed by atoms with Crippen molar-refractivity contribution in [2.75, 3.05) is 18.9 Å². The van der Waals surface area contributed by atoms with Gasteiger partial charge in [-0.15, -0.1) is 4.40 Å². The summed E-state index contributed by atoms with van der Waals surface area (Å²) in [4.78, 5) is 14.8. The highest BCUT2D eigenvalue weighted by atomic mass is 32.2. The largest absolute Gasteiger partial charge is 0.362 e. The van der Waals surface area contributed by atoms with Crippen molar-refractivity contribution in [2.45, 2.75) is 37.5 Å². The van der Waals surface area contributed by atoms with Gasteiger partial charge in [-0.2, -0.15) is 13.5 Å². The van der Waals surface area contributed by atoms with Crippen molar-refractivity contribution in [1.82, 2.24) is 14.7 Å². The summed E-state index contributed by atoms with van der Waals surface area (Å²) in [6, 6.07) is 15.7. The average Bonchev–Trinajstić information content (AvgIpc) is 3.08. The third-order valence-corrected chi connectivity index (χ3v) is 7.01. The molecule has 1 aliphatic heterocycles. The molecule has 33 heavy (non-hydrogen) atoms. The van der Waals surface area contributed by atoms with Crippen LogP contribution in [0.5, 0.6) is 0 Å². The summed E-state index contributed by atoms with van der Waals surface area (Å²) < 4.78 is 31.7. The number of anilines is 1. The topological polar surface area (TPSA) is 96.7 Å². The lowest BCUT2D eigenvalue weighted by Crippen LogP contribution is -2.26. The molecule has 0 bridgehead atoms. The molecule has 1 N–H and O–H groups in total. The van der Waals surface area contributed by atoms with Gasteiger partial charge in [0, 0.05) is 25.7 Å². The van der Waals surface area contributed by atoms with Gasteiger partial charge in [0.05, 0.1) is 28.0 Å². The molecule has 0 unspecified atom stereocenters. The van der Waals surface area contributed by atoms with Gasteiger partial charge in [0.1, 0.15) is 5.84 Å². The van der Waals surface area contributed by atoms with E-state index in [1.165, 1.54) is 18.3 Å². The predicted octanol–water partition coefficient (Wildman–Crippen LogP) is 4.03. The molecule has 8 nitrogen and oxygen atoms in total. The smallest absolute Gasteiger partial charge is 0.284 e. The van der Waals surface area contributed by atoms with E-state index in [0.29, 0.717) is 29.2 Å². The molecule has 2 aromatic carbocycles. The molecule has 1 fully saturated rings. The number of likely N-dealkylation sites (tertiary alicyclic amines) is 1. The number of aromatic nitrogens is 2. The van der Waals surface area contributed by atoms with E-state index in [0.717, 1.165) is 31.5 Å². The van der Waals surface area contributed by atoms with Crippen molar-refractivity contribution in [3.05, 3.63) is 72.1 Å². The Morgan fingerprint density at radius 2 is 1.85 bits per heavy atom. The molecule has 0 aliphatic carbocycles. The van der Waals surface area contributed by atoms with E-state index >= 15 is 0 Å². The quantitative estimate of drug-likeness (QED) is 0.614. The van der Waals surface area contributed by atoms with E-state index in [2.05, 4.69) is 14.8 Å². The molecule has 1 saturated heterocycles. The highest BCUT2D eigenvalue weighted by molar-refractivity contribution is 7.90. The zero-order chi connectivity index (χ0) is 23.4. The molecule has 9 heteroatoms. The maximum Gasteiger partial charge on any atom is 0.284 e. The lowest BCUT2D eigenvalue weighted by Gasteiger charge is -2.17. The fraction of sp³-hybridized carbons (Fsp3) is 0.292. The van der Waals surface area contributed by atoms with Gasteiger partial charge in [0.2, 0.25) is 0 Å². The van der Waals surface area contributed by atoms with Gasteiger partial charge >= 0.3 is 0 Å². The lowest BCUT2D eigenvalue weighted by atomic mass is 10.2. The van der Waals surface area contributed by atoms with Crippen LogP contribution in [-0.2, 0) is 10.0 Å². The Bertz CT molecular complexity index is 1280. The number of nitrogens with zero attached hydrogens (tertiary/aromatic N) is 4. The van der Waals surface area contributed by atoms with Crippen LogP contribution in [-0.4, -0.2) is 48.4 Å². The third kappa shape index (κ3) is 5.14. The molecule has 172 valence electrons. The van der Waals surface area contributed by atoms with Gasteiger partial charge < -0.3 is 10.2 Å². The Morgan fingerprint density at radius 1 is 1.06 bits per heavy atom. The van der Waals surface area contributed by atoms with Crippen molar-refractivity contribution in [2.24, 2.45) is 4.40 Å². The van der Waals surface area contributed by atoms with E-state index in [-0.39, 0.29) is 10.8 Å². The monoisotopic (exact) mass is 465 g/mol. The van der Waals surface area contributed by atoms with Gasteiger partial charge in [0.15, 0.2) is 0 Å². The van der Waals surface area contributed by atoms with Crippen LogP contribution in [0.4, 0.5) is 5.69 Å². The number of hydrogen-bond donors (Lipinski definition) is 1. The summed E-state index contributed by atoms with van der Waals surface area (Å²) in [7, 11) is -2.02. The first kappa shape index (κ1) is 22.7. The van der Waals surface area contributed by atoms with Crippen LogP contribution in [0.25, 0.3) is 5.69 Å². The number of para-hydroxylation sites is 1. The van der Waals surface area contributed by atoms with Crippen molar-refractivity contribution in [3.63, 3.8) is 0 Å². The number of carbonyl (C=O) groups excluding carboxylic acids is 1. The normalized spacial score (nSPS) is 15.9. The standard InChI is InChI=1S/C24H27N5O3S/c1-18-22(17-25-29(18)20-11-5-3-6-12-20)24(30)26-19-10-9-13-21(16-19)33(31,32)27-23-14-7-4-8-15-28(23)2/h3,5-6,9-13,16-17H,4,7-8,14-15H2,1-2H3,(H,26,30). The van der Waals surface area contributed by atoms with Gasteiger partial charge in [-0.1, -0.05) is 30.7 Å². The second-order valence-corrected chi connectivity index (χ2v) is 9.69. The van der Waals surface area contributed by atoms with E-state index < -0.39 is 10.0 Å². The number of amides is 1. The molecule has 0 spiro atoms. The number of amidine groups is 1. The Balaban J connectivity index is 1.55. The van der Waals surface area contributed by atoms with E-state index in [1.807, 2.05) is 49.2 Å². The molecule has 4 rings (SSSR count). The third-order valence-electron chi connectivity index (χ3n) is 5.71. The molecule has 1 aliphatic rings. The Kier molecular flexibility index (Phi) is 6.60. The van der Waals surface area contributed by atoms with E-state index in [4.69, 9.17) is 0 Å². The molecule has 1 aromatic heterocycles. The zero-order valence-corrected chi connectivity index (χ0v) is 19.5. The second-order valence-electron chi connectivity index (χ2n) is 8.09. The number of sulfonamides is 1. The number of rotatable bonds is 5. The average molecular weight is 466 g/mol. The van der Waals surface area contributed by atoms with Crippen molar-refractivity contribution in [3.8, 4) is 5.69 Å². The summed E-state index contributed by atoms with van der Waals surface area (Å²) in [6.07, 6.45) is 5.15. The molecule has 3 aromatic rings. The van der Waals surface area contributed by atoms with Gasteiger partial charge in [-0.3, -0.25) is 4.79 Å². The SMILES string of the molecule is Cc1c(C(=O)Nc2cccc(S(=O)(=O)N=C3CCCCCN3C)c2)cnn1-c1ccccc1. The van der Waals surface area contributed by atoms with E-state index in [1.54, 1.807) is 16.8 Å². The Labute approximate surface area is 194 Å². The summed E-state index contributed by atoms with van der Waals surface area (Å²) in [5.74, 6) is 0.213. The maximum absolute atomic E-state index is 12.9. The highest BCUT2D eigenvalue weighted by Crippen LogP contribution is 2.21. The minimum Gasteiger partial charge on any atom is -0.362 e. The molecular weight excluding hydrogens is 438 g/mol. The van der Waals surface area contributed by atoms with Crippen LogP contribution in [0.2, 0.25) is 0 Å². The number of hydrogen-bond acceptors (Lipinski definition) is 4. The van der Waals surface area contributed by atoms with Crippen LogP contribution < -0.4 is 5.32 Å². The minimum atomic E-state index is -3.89. The Morgan fingerprint density at radius 3 is 2.64 bits per heavy atom. The fourth-order valence-corrected chi connectivity index (χ4v) is 4.97. The highest BCUT2D eigenvalue weighted by Gasteiger charge is 2.20. The van der Waals surface area contributed by atoms with E-state index in [9.17, 15) is 13.2 Å². The maximum atomic E-state index is 12.9. The fourth-order valence-electron chi connectivity index (χ4n) is 3.83. The minimum absolute atomic E-state index is 0.0437. The van der Waals surface area contributed by atoms with Crippen LogP contribution in [0.1, 0.15) is 41.7 Å². The summed E-state index contributed by atoms with van der Waals surface area (Å²) in [5, 5.41) is 7.11. The van der Waals surface area contributed by atoms with Gasteiger partial charge in [0.25, 0.3) is 15.9 Å². The summed E-state index contributed by atoms with van der Waals surface area (Å²) in [6.45, 7) is 2.61. The number of carbonyl (C=O) groups is 1. The predicted molar refractivity (Wildman–Crippen MR) is 128 cm³/mol. The van der Waals surface area contributed by atoms with Crippen molar-refractivity contribution in [1.29, 1.82) is 0 Å². The zero-order valence-electron chi connectivity index (χ0n) is 18.7. The number of nitrogens with one attached hydrogen (secondary N) is 1. The van der Waals surface area contributed by atoms with Crippen LogP contribution >= 0.6 is 0 Å². The van der Waals surface area contributed by atoms with Crippen molar-refractivity contribution >= 4 is 27.5 Å². The van der Waals surface area contributed by atoms with Crippen molar-refractivity contribution < 1.29 is 13.2 Å². The summed E-state index contributed by atoms with van der Waals surface area (Å²) in [5.41, 5.74) is 2.32. The van der Waals surface area contributed by atoms with Crippen LogP contribution in [0.15, 0.2) is 70.1 Å². The van der Waals surface area contributed by atoms with Gasteiger partial charge in [-0.05, 0) is 50.1 Å². The molecule has 2 heterocycles. The lowest BCUT2D eigenvalue weighted by molar-refractivity contribution is 0.102. The Hall–Kier alpha value is -3.46. The van der Waals surface area contributed by atoms with Crippen LogP contribution in [0.3, 0.4) is 0 Å². The summed E-state index contributed by atoms with van der Waals surface area (Å²) >= 11 is 0. The number of benzene rings is 2. The molecule has 0 radical (unpaired) electrons. The molecule has 0 saturated carbocycles. The van der Waals surface area contributed by atoms with Crippen LogP contribution in [0, 0.1) is 6.92 Å². The molecule has 1 amide bonds. The molecular formula is C24H27N5O3S.